The quantitative estimate of drug-likeness (QED) is 0.234. The van der Waals surface area contributed by atoms with Crippen molar-refractivity contribution in [3.63, 3.8) is 0 Å². The van der Waals surface area contributed by atoms with Crippen LogP contribution in [0.2, 0.25) is 0 Å². The summed E-state index contributed by atoms with van der Waals surface area (Å²) in [4.78, 5) is 50.5. The van der Waals surface area contributed by atoms with Gasteiger partial charge in [-0.05, 0) is 6.92 Å². The number of carbonyl (C=O) groups excluding carboxylic acids is 3. The number of nitrogens with zero attached hydrogens (tertiary/aromatic N) is 1. The number of β-lactam (4-membered cyclic amide) rings is 1. The molecule has 2 heterocycles. The lowest BCUT2D eigenvalue weighted by atomic mass is 9.99. The first-order chi connectivity index (χ1) is 11.5. The van der Waals surface area contributed by atoms with Crippen LogP contribution in [0.3, 0.4) is 0 Å². The molecule has 1 aromatic heterocycles. The molecule has 1 aliphatic heterocycles. The first kappa shape index (κ1) is 18.4. The highest BCUT2D eigenvalue weighted by molar-refractivity contribution is 7.88. The first-order valence-corrected chi connectivity index (χ1v) is 8.16. The number of amides is 4. The van der Waals surface area contributed by atoms with E-state index in [9.17, 15) is 27.6 Å². The molecule has 2 atom stereocenters. The molecule has 1 saturated heterocycles. The number of urea groups is 1. The van der Waals surface area contributed by atoms with Crippen LogP contribution in [0.5, 0.6) is 5.75 Å². The zero-order valence-electron chi connectivity index (χ0n) is 12.6. The lowest BCUT2D eigenvalue weighted by Crippen LogP contribution is -2.71. The Morgan fingerprint density at radius 1 is 1.36 bits per heavy atom. The van der Waals surface area contributed by atoms with Gasteiger partial charge in [-0.1, -0.05) is 0 Å². The zero-order valence-corrected chi connectivity index (χ0v) is 13.5. The van der Waals surface area contributed by atoms with E-state index in [0.717, 1.165) is 12.3 Å². The molecular weight excluding hydrogens is 360 g/mol. The maximum atomic E-state index is 11.7. The number of imide groups is 1. The van der Waals surface area contributed by atoms with Crippen molar-refractivity contribution >= 4 is 28.1 Å². The van der Waals surface area contributed by atoms with Gasteiger partial charge >= 0.3 is 16.2 Å². The van der Waals surface area contributed by atoms with E-state index in [1.807, 2.05) is 0 Å². The largest absolute Gasteiger partial charge is 0.503 e. The van der Waals surface area contributed by atoms with E-state index in [2.05, 4.69) is 4.98 Å². The van der Waals surface area contributed by atoms with Crippen LogP contribution in [0.4, 0.5) is 4.79 Å². The Morgan fingerprint density at radius 3 is 2.56 bits per heavy atom. The van der Waals surface area contributed by atoms with Crippen molar-refractivity contribution in [2.75, 3.05) is 0 Å². The van der Waals surface area contributed by atoms with Crippen LogP contribution in [0.25, 0.3) is 0 Å². The molecule has 1 aromatic rings. The third-order valence-electron chi connectivity index (χ3n) is 3.33. The van der Waals surface area contributed by atoms with Crippen LogP contribution in [0.1, 0.15) is 17.4 Å². The maximum Gasteiger partial charge on any atom is 0.339 e. The number of aromatic nitrogens is 1. The van der Waals surface area contributed by atoms with E-state index in [1.54, 1.807) is 10.3 Å². The van der Waals surface area contributed by atoms with Crippen LogP contribution in [0, 0.1) is 0 Å². The summed E-state index contributed by atoms with van der Waals surface area (Å²) in [6.07, 6.45) is 0.841. The van der Waals surface area contributed by atoms with Crippen molar-refractivity contribution in [3.8, 4) is 5.75 Å². The lowest BCUT2D eigenvalue weighted by Gasteiger charge is -2.41. The topological polar surface area (TPSA) is 204 Å². The Morgan fingerprint density at radius 2 is 2.00 bits per heavy atom. The number of hydrazine groups is 1. The highest BCUT2D eigenvalue weighted by atomic mass is 32.2. The minimum Gasteiger partial charge on any atom is -0.503 e. The standard InChI is InChI=1S/C11H14N6O7S/c1-4-8(12)10(21)17(4)11(22)15-25(23,24)16-14-9(20)5-2-6(18)7(19)3-13-5/h2-4,8,16,19H,12H2,1H3,(H,13,18)(H,14,20)(H,15,22)/t4-,8-/m0/s1. The Bertz CT molecular complexity index is 894. The predicted molar refractivity (Wildman–Crippen MR) is 81.1 cm³/mol. The van der Waals surface area contributed by atoms with E-state index >= 15 is 0 Å². The molecule has 1 aliphatic rings. The van der Waals surface area contributed by atoms with Crippen molar-refractivity contribution in [2.45, 2.75) is 19.0 Å². The minimum atomic E-state index is -4.55. The van der Waals surface area contributed by atoms with Crippen molar-refractivity contribution in [3.05, 3.63) is 28.2 Å². The minimum absolute atomic E-state index is 0.352. The van der Waals surface area contributed by atoms with Gasteiger partial charge in [0, 0.05) is 12.3 Å². The fourth-order valence-corrected chi connectivity index (χ4v) is 2.50. The first-order valence-electron chi connectivity index (χ1n) is 6.67. The van der Waals surface area contributed by atoms with E-state index in [1.165, 1.54) is 11.6 Å². The summed E-state index contributed by atoms with van der Waals surface area (Å²) in [6.45, 7) is 1.45. The Hall–Kier alpha value is -2.97. The molecule has 1 fully saturated rings. The summed E-state index contributed by atoms with van der Waals surface area (Å²) in [6, 6.07) is -2.08. The highest BCUT2D eigenvalue weighted by Gasteiger charge is 2.46. The van der Waals surface area contributed by atoms with Gasteiger partial charge in [0.25, 0.3) is 5.91 Å². The van der Waals surface area contributed by atoms with Gasteiger partial charge in [0.15, 0.2) is 5.75 Å². The van der Waals surface area contributed by atoms with Crippen molar-refractivity contribution in [2.24, 2.45) is 5.73 Å². The second-order valence-corrected chi connectivity index (χ2v) is 6.45. The van der Waals surface area contributed by atoms with Gasteiger partial charge in [-0.25, -0.2) is 9.52 Å². The smallest absolute Gasteiger partial charge is 0.339 e. The number of nitrogens with two attached hydrogens (primary N) is 1. The van der Waals surface area contributed by atoms with Gasteiger partial charge in [-0.2, -0.15) is 8.42 Å². The molecule has 0 unspecified atom stereocenters. The van der Waals surface area contributed by atoms with Gasteiger partial charge in [0.1, 0.15) is 11.7 Å². The molecule has 0 bridgehead atoms. The molecule has 0 aliphatic carbocycles. The average molecular weight is 374 g/mol. The van der Waals surface area contributed by atoms with Crippen molar-refractivity contribution in [1.82, 2.24) is 24.9 Å². The fourth-order valence-electron chi connectivity index (χ4n) is 1.90. The Kier molecular flexibility index (Phi) is 4.78. The predicted octanol–water partition coefficient (Wildman–Crippen LogP) is -3.17. The number of aromatic amines is 1. The normalized spacial score (nSPS) is 19.9. The van der Waals surface area contributed by atoms with Crippen LogP contribution < -0.4 is 26.1 Å². The number of carbonyl (C=O) groups is 3. The van der Waals surface area contributed by atoms with Crippen LogP contribution in [-0.2, 0) is 15.0 Å². The number of hydrogen-bond acceptors (Lipinski definition) is 8. The molecule has 4 amide bonds. The van der Waals surface area contributed by atoms with E-state index in [0.29, 0.717) is 4.90 Å². The number of H-pyrrole nitrogens is 1. The van der Waals surface area contributed by atoms with Crippen LogP contribution in [-0.4, -0.2) is 53.3 Å². The number of likely N-dealkylation sites (tertiary alicyclic amines) is 1. The SMILES string of the molecule is C[C@H]1[C@H](N)C(=O)N1C(=O)NS(=O)(=O)NNC(=O)c1cc(=O)c(O)c[nH]1. The van der Waals surface area contributed by atoms with Gasteiger partial charge in [0.2, 0.25) is 11.3 Å². The molecule has 7 N–H and O–H groups in total. The van der Waals surface area contributed by atoms with Gasteiger partial charge < -0.3 is 15.8 Å². The van der Waals surface area contributed by atoms with E-state index in [4.69, 9.17) is 10.8 Å². The number of pyridine rings is 1. The van der Waals surface area contributed by atoms with Gasteiger partial charge in [-0.3, -0.25) is 24.7 Å². The monoisotopic (exact) mass is 374 g/mol. The summed E-state index contributed by atoms with van der Waals surface area (Å²) < 4.78 is 24.9. The third kappa shape index (κ3) is 3.76. The van der Waals surface area contributed by atoms with Gasteiger partial charge in [-0.15, -0.1) is 4.83 Å². The van der Waals surface area contributed by atoms with Crippen LogP contribution in [0.15, 0.2) is 17.1 Å². The molecule has 25 heavy (non-hydrogen) atoms. The molecule has 0 radical (unpaired) electrons. The Balaban J connectivity index is 1.96. The molecule has 0 spiro atoms. The highest BCUT2D eigenvalue weighted by Crippen LogP contribution is 2.17. The second-order valence-electron chi connectivity index (χ2n) is 5.04. The van der Waals surface area contributed by atoms with Crippen molar-refractivity contribution < 1.29 is 27.9 Å². The summed E-state index contributed by atoms with van der Waals surface area (Å²) in [5.41, 5.74) is 5.92. The molecule has 2 rings (SSSR count). The number of nitrogens with one attached hydrogen (secondary N) is 4. The van der Waals surface area contributed by atoms with E-state index < -0.39 is 51.3 Å². The summed E-state index contributed by atoms with van der Waals surface area (Å²) in [5, 5.41) is 9.05. The molecular formula is C11H14N6O7S. The third-order valence-corrected chi connectivity index (χ3v) is 4.14. The number of hydrogen-bond donors (Lipinski definition) is 6. The lowest BCUT2D eigenvalue weighted by molar-refractivity contribution is -0.142. The summed E-state index contributed by atoms with van der Waals surface area (Å²) in [7, 11) is -4.55. The number of rotatable bonds is 4. The summed E-state index contributed by atoms with van der Waals surface area (Å²) >= 11 is 0. The number of aromatic hydroxyl groups is 1. The molecule has 13 nitrogen and oxygen atoms in total. The molecule has 136 valence electrons. The summed E-state index contributed by atoms with van der Waals surface area (Å²) in [5.74, 6) is -2.44. The fraction of sp³-hybridized carbons (Fsp3) is 0.273. The van der Waals surface area contributed by atoms with Gasteiger partial charge in [0.05, 0.1) is 6.04 Å². The van der Waals surface area contributed by atoms with Crippen molar-refractivity contribution in [1.29, 1.82) is 0 Å². The molecule has 0 aromatic carbocycles. The molecule has 0 saturated carbocycles. The maximum absolute atomic E-state index is 11.7. The zero-order chi connectivity index (χ0) is 18.9. The Labute approximate surface area is 140 Å². The van der Waals surface area contributed by atoms with E-state index in [-0.39, 0.29) is 5.69 Å². The average Bonchev–Trinajstić information content (AvgIpc) is 2.54. The second kappa shape index (κ2) is 6.50. The molecule has 14 heteroatoms. The van der Waals surface area contributed by atoms with Crippen LogP contribution >= 0.6 is 0 Å².